The van der Waals surface area contributed by atoms with Crippen molar-refractivity contribution in [1.29, 1.82) is 5.26 Å². The highest BCUT2D eigenvalue weighted by atomic mass is 35.5. The number of benzene rings is 1. The van der Waals surface area contributed by atoms with Crippen molar-refractivity contribution in [2.45, 2.75) is 18.9 Å². The summed E-state index contributed by atoms with van der Waals surface area (Å²) in [6, 6.07) is 6.47. The molecule has 0 amide bonds. The molecule has 1 aromatic carbocycles. The molecule has 0 spiro atoms. The first-order valence-corrected chi connectivity index (χ1v) is 5.42. The third-order valence-corrected chi connectivity index (χ3v) is 2.71. The van der Waals surface area contributed by atoms with E-state index >= 15 is 0 Å². The molecular weight excluding hydrogens is 227 g/mol. The van der Waals surface area contributed by atoms with Crippen LogP contribution < -0.4 is 0 Å². The van der Waals surface area contributed by atoms with Crippen molar-refractivity contribution in [3.63, 3.8) is 0 Å². The van der Waals surface area contributed by atoms with Gasteiger partial charge >= 0.3 is 0 Å². The first kappa shape index (κ1) is 13.0. The number of rotatable bonds is 4. The van der Waals surface area contributed by atoms with Crippen molar-refractivity contribution in [3.8, 4) is 6.07 Å². The number of nitriles is 1. The predicted molar refractivity (Wildman–Crippen MR) is 62.7 cm³/mol. The van der Waals surface area contributed by atoms with E-state index in [2.05, 4.69) is 6.07 Å². The molecule has 0 fully saturated rings. The number of halogens is 2. The van der Waals surface area contributed by atoms with Gasteiger partial charge in [0.1, 0.15) is 5.82 Å². The zero-order valence-electron chi connectivity index (χ0n) is 9.37. The Morgan fingerprint density at radius 1 is 1.50 bits per heavy atom. The molecule has 0 bridgehead atoms. The molecule has 0 aliphatic carbocycles. The van der Waals surface area contributed by atoms with E-state index in [1.165, 1.54) is 12.1 Å². The Balaban J connectivity index is 3.01. The highest BCUT2D eigenvalue weighted by Gasteiger charge is 2.17. The van der Waals surface area contributed by atoms with Crippen molar-refractivity contribution < 1.29 is 4.39 Å². The molecule has 1 rings (SSSR count). The maximum Gasteiger partial charge on any atom is 0.128 e. The Kier molecular flexibility index (Phi) is 4.72. The van der Waals surface area contributed by atoms with Crippen LogP contribution in [0.15, 0.2) is 18.2 Å². The molecule has 86 valence electrons. The van der Waals surface area contributed by atoms with E-state index in [9.17, 15) is 4.39 Å². The van der Waals surface area contributed by atoms with E-state index in [1.807, 2.05) is 19.0 Å². The maximum atomic E-state index is 13.6. The van der Waals surface area contributed by atoms with Crippen molar-refractivity contribution >= 4 is 11.6 Å². The maximum absolute atomic E-state index is 13.6. The zero-order valence-corrected chi connectivity index (χ0v) is 10.1. The second-order valence-corrected chi connectivity index (χ2v) is 4.28. The van der Waals surface area contributed by atoms with Crippen LogP contribution in [0.25, 0.3) is 0 Å². The lowest BCUT2D eigenvalue weighted by Gasteiger charge is -2.24. The van der Waals surface area contributed by atoms with Gasteiger partial charge in [-0.1, -0.05) is 11.6 Å². The Morgan fingerprint density at radius 3 is 2.75 bits per heavy atom. The van der Waals surface area contributed by atoms with Gasteiger partial charge in [-0.05, 0) is 38.7 Å². The quantitative estimate of drug-likeness (QED) is 0.807. The summed E-state index contributed by atoms with van der Waals surface area (Å²) in [5.41, 5.74) is 0.549. The molecule has 0 heterocycles. The molecule has 16 heavy (non-hydrogen) atoms. The van der Waals surface area contributed by atoms with Gasteiger partial charge in [0.2, 0.25) is 0 Å². The smallest absolute Gasteiger partial charge is 0.128 e. The van der Waals surface area contributed by atoms with E-state index in [0.717, 1.165) is 0 Å². The third kappa shape index (κ3) is 3.19. The molecule has 1 atom stereocenters. The lowest BCUT2D eigenvalue weighted by Crippen LogP contribution is -2.21. The van der Waals surface area contributed by atoms with Crippen LogP contribution in [0.5, 0.6) is 0 Å². The average Bonchev–Trinajstić information content (AvgIpc) is 2.23. The van der Waals surface area contributed by atoms with Crippen LogP contribution in [-0.2, 0) is 0 Å². The molecule has 1 unspecified atom stereocenters. The van der Waals surface area contributed by atoms with Crippen LogP contribution in [0.1, 0.15) is 24.4 Å². The summed E-state index contributed by atoms with van der Waals surface area (Å²) >= 11 is 5.85. The summed E-state index contributed by atoms with van der Waals surface area (Å²) in [6.45, 7) is 0. The van der Waals surface area contributed by atoms with Gasteiger partial charge in [0.25, 0.3) is 0 Å². The average molecular weight is 241 g/mol. The second kappa shape index (κ2) is 5.83. The van der Waals surface area contributed by atoms with Crippen LogP contribution >= 0.6 is 11.6 Å². The molecule has 0 aliphatic heterocycles. The fourth-order valence-electron chi connectivity index (χ4n) is 1.66. The topological polar surface area (TPSA) is 27.0 Å². The fourth-order valence-corrected chi connectivity index (χ4v) is 1.84. The van der Waals surface area contributed by atoms with Crippen molar-refractivity contribution in [2.24, 2.45) is 0 Å². The normalized spacial score (nSPS) is 12.5. The molecular formula is C12H14ClFN2. The summed E-state index contributed by atoms with van der Waals surface area (Å²) in [4.78, 5) is 1.89. The molecule has 0 radical (unpaired) electrons. The van der Waals surface area contributed by atoms with E-state index in [1.54, 1.807) is 6.07 Å². The lowest BCUT2D eigenvalue weighted by atomic mass is 10.0. The molecule has 1 aromatic rings. The first-order chi connectivity index (χ1) is 7.56. The van der Waals surface area contributed by atoms with Crippen LogP contribution in [-0.4, -0.2) is 19.0 Å². The van der Waals surface area contributed by atoms with Gasteiger partial charge in [-0.2, -0.15) is 5.26 Å². The molecule has 0 N–H and O–H groups in total. The molecule has 4 heteroatoms. The predicted octanol–water partition coefficient (Wildman–Crippen LogP) is 3.39. The highest BCUT2D eigenvalue weighted by molar-refractivity contribution is 6.30. The molecule has 0 aromatic heterocycles. The van der Waals surface area contributed by atoms with Crippen LogP contribution in [0.3, 0.4) is 0 Å². The van der Waals surface area contributed by atoms with Crippen LogP contribution in [0.2, 0.25) is 5.02 Å². The van der Waals surface area contributed by atoms with E-state index in [-0.39, 0.29) is 11.9 Å². The SMILES string of the molecule is CN(C)C(CCC#N)c1cc(Cl)ccc1F. The van der Waals surface area contributed by atoms with Gasteiger partial charge in [0, 0.05) is 23.0 Å². The van der Waals surface area contributed by atoms with Crippen molar-refractivity contribution in [2.75, 3.05) is 14.1 Å². The van der Waals surface area contributed by atoms with Gasteiger partial charge in [-0.3, -0.25) is 0 Å². The number of hydrogen-bond donors (Lipinski definition) is 0. The van der Waals surface area contributed by atoms with E-state index in [0.29, 0.717) is 23.4 Å². The van der Waals surface area contributed by atoms with E-state index in [4.69, 9.17) is 16.9 Å². The van der Waals surface area contributed by atoms with Gasteiger partial charge in [0.15, 0.2) is 0 Å². The molecule has 2 nitrogen and oxygen atoms in total. The number of nitrogens with zero attached hydrogens (tertiary/aromatic N) is 2. The van der Waals surface area contributed by atoms with Crippen molar-refractivity contribution in [3.05, 3.63) is 34.6 Å². The molecule has 0 saturated heterocycles. The minimum atomic E-state index is -0.277. The summed E-state index contributed by atoms with van der Waals surface area (Å²) < 4.78 is 13.6. The standard InChI is InChI=1S/C12H14ClFN2/c1-16(2)12(4-3-7-15)10-8-9(13)5-6-11(10)14/h5-6,8,12H,3-4H2,1-2H3. The monoisotopic (exact) mass is 240 g/mol. The highest BCUT2D eigenvalue weighted by Crippen LogP contribution is 2.28. The Labute approximate surface area is 100 Å². The zero-order chi connectivity index (χ0) is 12.1. The van der Waals surface area contributed by atoms with Gasteiger partial charge in [0.05, 0.1) is 6.07 Å². The van der Waals surface area contributed by atoms with Gasteiger partial charge in [-0.25, -0.2) is 4.39 Å². The summed E-state index contributed by atoms with van der Waals surface area (Å²) in [5, 5.41) is 9.09. The minimum absolute atomic E-state index is 0.113. The Morgan fingerprint density at radius 2 is 2.19 bits per heavy atom. The Hall–Kier alpha value is -1.11. The molecule has 0 saturated carbocycles. The van der Waals surface area contributed by atoms with Crippen LogP contribution in [0, 0.1) is 17.1 Å². The second-order valence-electron chi connectivity index (χ2n) is 3.84. The summed E-state index contributed by atoms with van der Waals surface area (Å²) in [7, 11) is 3.73. The summed E-state index contributed by atoms with van der Waals surface area (Å²) in [6.07, 6.45) is 0.996. The fraction of sp³-hybridized carbons (Fsp3) is 0.417. The largest absolute Gasteiger partial charge is 0.302 e. The molecule has 0 aliphatic rings. The van der Waals surface area contributed by atoms with Gasteiger partial charge in [-0.15, -0.1) is 0 Å². The minimum Gasteiger partial charge on any atom is -0.302 e. The Bertz CT molecular complexity index is 398. The number of hydrogen-bond acceptors (Lipinski definition) is 2. The lowest BCUT2D eigenvalue weighted by molar-refractivity contribution is 0.279. The van der Waals surface area contributed by atoms with Crippen LogP contribution in [0.4, 0.5) is 4.39 Å². The third-order valence-electron chi connectivity index (χ3n) is 2.47. The van der Waals surface area contributed by atoms with Gasteiger partial charge < -0.3 is 4.90 Å². The summed E-state index contributed by atoms with van der Waals surface area (Å²) in [5.74, 6) is -0.277. The van der Waals surface area contributed by atoms with Crippen molar-refractivity contribution in [1.82, 2.24) is 4.90 Å². The van der Waals surface area contributed by atoms with E-state index < -0.39 is 0 Å². The first-order valence-electron chi connectivity index (χ1n) is 5.04.